The molecule has 1 aromatic rings. The summed E-state index contributed by atoms with van der Waals surface area (Å²) in [7, 11) is 0. The number of carbonyl (C=O) groups excluding carboxylic acids is 2. The fraction of sp³-hybridized carbons (Fsp3) is 0.579. The number of nitrogens with zero attached hydrogens (tertiary/aromatic N) is 2. The van der Waals surface area contributed by atoms with Gasteiger partial charge in [0.05, 0.1) is 44.0 Å². The molecule has 3 aliphatic heterocycles. The molecule has 4 rings (SSSR count). The number of alkyl halides is 3. The fourth-order valence-electron chi connectivity index (χ4n) is 3.95. The summed E-state index contributed by atoms with van der Waals surface area (Å²) in [4.78, 5) is 27.5. The molecule has 0 aromatic heterocycles. The third-order valence-electron chi connectivity index (χ3n) is 5.73. The number of hydrogen-bond donors (Lipinski definition) is 2. The van der Waals surface area contributed by atoms with Gasteiger partial charge in [0, 0.05) is 24.7 Å². The number of urea groups is 1. The Morgan fingerprint density at radius 3 is 2.63 bits per heavy atom. The van der Waals surface area contributed by atoms with Crippen LogP contribution in [0.25, 0.3) is 0 Å². The lowest BCUT2D eigenvalue weighted by atomic mass is 9.97. The minimum absolute atomic E-state index is 0.0374. The van der Waals surface area contributed by atoms with Crippen molar-refractivity contribution >= 4 is 11.9 Å². The van der Waals surface area contributed by atoms with Crippen molar-refractivity contribution in [2.75, 3.05) is 32.7 Å². The van der Waals surface area contributed by atoms with Gasteiger partial charge in [-0.05, 0) is 18.6 Å². The topological polar surface area (TPSA) is 73.9 Å². The van der Waals surface area contributed by atoms with Gasteiger partial charge in [0.15, 0.2) is 0 Å². The Bertz CT molecular complexity index is 828. The van der Waals surface area contributed by atoms with Crippen molar-refractivity contribution in [3.05, 3.63) is 35.1 Å². The third kappa shape index (κ3) is 4.36. The molecule has 3 aliphatic rings. The lowest BCUT2D eigenvalue weighted by molar-refractivity contribution is -0.137. The van der Waals surface area contributed by atoms with Gasteiger partial charge in [-0.1, -0.05) is 6.07 Å². The molecule has 3 saturated heterocycles. The van der Waals surface area contributed by atoms with Crippen molar-refractivity contribution in [3.8, 4) is 0 Å². The first-order valence-corrected chi connectivity index (χ1v) is 9.74. The Balaban J connectivity index is 1.23. The van der Waals surface area contributed by atoms with Crippen LogP contribution in [0.5, 0.6) is 0 Å². The van der Waals surface area contributed by atoms with E-state index in [4.69, 9.17) is 4.74 Å². The standard InChI is InChI=1S/C19H22F4N4O3/c20-14-5-12(19(21,22)23)2-1-11(14)10-30-13-7-27(8-13)18(29)26-4-3-15-16(9-26)25-17(28)6-24-15/h1-2,5,13,15-16,24H,3-4,6-10H2,(H,25,28)/t15-,16+/m0/s1. The van der Waals surface area contributed by atoms with E-state index < -0.39 is 17.6 Å². The largest absolute Gasteiger partial charge is 0.416 e. The van der Waals surface area contributed by atoms with E-state index in [2.05, 4.69) is 10.6 Å². The molecule has 30 heavy (non-hydrogen) atoms. The summed E-state index contributed by atoms with van der Waals surface area (Å²) in [5.74, 6) is -1.05. The molecule has 0 saturated carbocycles. The highest BCUT2D eigenvalue weighted by molar-refractivity contribution is 5.80. The summed E-state index contributed by atoms with van der Waals surface area (Å²) >= 11 is 0. The Morgan fingerprint density at radius 1 is 1.17 bits per heavy atom. The van der Waals surface area contributed by atoms with E-state index in [9.17, 15) is 27.2 Å². The van der Waals surface area contributed by atoms with Crippen LogP contribution in [-0.4, -0.2) is 72.6 Å². The maximum Gasteiger partial charge on any atom is 0.416 e. The van der Waals surface area contributed by atoms with Crippen LogP contribution in [0.4, 0.5) is 22.4 Å². The number of piperidine rings is 1. The van der Waals surface area contributed by atoms with Crippen molar-refractivity contribution in [1.29, 1.82) is 0 Å². The van der Waals surface area contributed by atoms with Gasteiger partial charge in [-0.15, -0.1) is 0 Å². The van der Waals surface area contributed by atoms with E-state index in [-0.39, 0.29) is 42.3 Å². The van der Waals surface area contributed by atoms with Crippen LogP contribution < -0.4 is 10.6 Å². The number of nitrogens with one attached hydrogen (secondary N) is 2. The van der Waals surface area contributed by atoms with Crippen LogP contribution >= 0.6 is 0 Å². The number of piperazine rings is 1. The number of benzene rings is 1. The maximum atomic E-state index is 13.9. The Kier molecular flexibility index (Phi) is 5.58. The quantitative estimate of drug-likeness (QED) is 0.710. The van der Waals surface area contributed by atoms with Gasteiger partial charge >= 0.3 is 12.2 Å². The Hall–Kier alpha value is -2.40. The van der Waals surface area contributed by atoms with E-state index in [1.807, 2.05) is 0 Å². The summed E-state index contributed by atoms with van der Waals surface area (Å²) in [5, 5.41) is 6.07. The van der Waals surface area contributed by atoms with Gasteiger partial charge in [0.1, 0.15) is 5.82 Å². The van der Waals surface area contributed by atoms with Gasteiger partial charge in [-0.25, -0.2) is 9.18 Å². The van der Waals surface area contributed by atoms with Crippen LogP contribution in [0.2, 0.25) is 0 Å². The van der Waals surface area contributed by atoms with E-state index in [1.165, 1.54) is 0 Å². The van der Waals surface area contributed by atoms with Crippen LogP contribution in [-0.2, 0) is 22.3 Å². The maximum absolute atomic E-state index is 13.9. The summed E-state index contributed by atoms with van der Waals surface area (Å²) in [6, 6.07) is 2.25. The van der Waals surface area contributed by atoms with Crippen LogP contribution in [0.15, 0.2) is 18.2 Å². The first-order chi connectivity index (χ1) is 14.2. The molecule has 7 nitrogen and oxygen atoms in total. The highest BCUT2D eigenvalue weighted by atomic mass is 19.4. The fourth-order valence-corrected chi connectivity index (χ4v) is 3.95. The molecule has 2 atom stereocenters. The van der Waals surface area contributed by atoms with Gasteiger partial charge in [-0.3, -0.25) is 4.79 Å². The van der Waals surface area contributed by atoms with Gasteiger partial charge in [-0.2, -0.15) is 13.2 Å². The monoisotopic (exact) mass is 430 g/mol. The highest BCUT2D eigenvalue weighted by Crippen LogP contribution is 2.30. The first-order valence-electron chi connectivity index (χ1n) is 9.74. The number of amides is 3. The van der Waals surface area contributed by atoms with Gasteiger partial charge in [0.2, 0.25) is 5.91 Å². The van der Waals surface area contributed by atoms with E-state index >= 15 is 0 Å². The minimum atomic E-state index is -4.60. The van der Waals surface area contributed by atoms with Crippen LogP contribution in [0, 0.1) is 5.82 Å². The summed E-state index contributed by atoms with van der Waals surface area (Å²) in [6.07, 6.45) is -4.15. The molecular weight excluding hydrogens is 408 g/mol. The predicted molar refractivity (Wildman–Crippen MR) is 96.9 cm³/mol. The Morgan fingerprint density at radius 2 is 1.93 bits per heavy atom. The van der Waals surface area contributed by atoms with Crippen LogP contribution in [0.3, 0.4) is 0 Å². The molecule has 0 radical (unpaired) electrons. The Labute approximate surface area is 170 Å². The van der Waals surface area contributed by atoms with Crippen molar-refractivity contribution in [3.63, 3.8) is 0 Å². The average molecular weight is 430 g/mol. The number of hydrogen-bond acceptors (Lipinski definition) is 4. The molecule has 1 aromatic carbocycles. The van der Waals surface area contributed by atoms with E-state index in [0.717, 1.165) is 18.6 Å². The summed E-state index contributed by atoms with van der Waals surface area (Å²) in [6.45, 7) is 1.80. The zero-order chi connectivity index (χ0) is 21.5. The van der Waals surface area contributed by atoms with E-state index in [0.29, 0.717) is 38.8 Å². The van der Waals surface area contributed by atoms with Crippen molar-refractivity contribution in [2.45, 2.75) is 37.4 Å². The lowest BCUT2D eigenvalue weighted by Gasteiger charge is -2.46. The second-order valence-corrected chi connectivity index (χ2v) is 7.82. The molecule has 164 valence electrons. The smallest absolute Gasteiger partial charge is 0.370 e. The summed E-state index contributed by atoms with van der Waals surface area (Å²) < 4.78 is 57.2. The summed E-state index contributed by atoms with van der Waals surface area (Å²) in [5.41, 5.74) is -1.01. The number of rotatable bonds is 3. The molecule has 0 bridgehead atoms. The van der Waals surface area contributed by atoms with Crippen molar-refractivity contribution in [1.82, 2.24) is 20.4 Å². The first kappa shape index (κ1) is 20.9. The number of ether oxygens (including phenoxy) is 1. The SMILES string of the molecule is O=C1CN[C@H]2CCN(C(=O)N3CC(OCc4ccc(C(F)(F)F)cc4F)C3)C[C@H]2N1. The lowest BCUT2D eigenvalue weighted by Crippen LogP contribution is -2.68. The average Bonchev–Trinajstić information content (AvgIpc) is 2.66. The zero-order valence-electron chi connectivity index (χ0n) is 16.0. The highest BCUT2D eigenvalue weighted by Gasteiger charge is 2.39. The van der Waals surface area contributed by atoms with Crippen molar-refractivity contribution in [2.24, 2.45) is 0 Å². The second kappa shape index (κ2) is 8.03. The number of carbonyl (C=O) groups is 2. The molecule has 0 spiro atoms. The zero-order valence-corrected chi connectivity index (χ0v) is 16.0. The predicted octanol–water partition coefficient (Wildman–Crippen LogP) is 1.33. The molecule has 0 unspecified atom stereocenters. The molecule has 0 aliphatic carbocycles. The minimum Gasteiger partial charge on any atom is -0.370 e. The molecule has 3 amide bonds. The molecule has 3 heterocycles. The molecule has 2 N–H and O–H groups in total. The van der Waals surface area contributed by atoms with E-state index in [1.54, 1.807) is 9.80 Å². The molecule has 3 fully saturated rings. The second-order valence-electron chi connectivity index (χ2n) is 7.82. The molecular formula is C19H22F4N4O3. The van der Waals surface area contributed by atoms with Gasteiger partial charge < -0.3 is 25.2 Å². The number of halogens is 4. The third-order valence-corrected chi connectivity index (χ3v) is 5.73. The van der Waals surface area contributed by atoms with Crippen LogP contribution in [0.1, 0.15) is 17.5 Å². The molecule has 11 heteroatoms. The van der Waals surface area contributed by atoms with Crippen molar-refractivity contribution < 1.29 is 31.9 Å². The normalized spacial score (nSPS) is 24.9. The van der Waals surface area contributed by atoms with Gasteiger partial charge in [0.25, 0.3) is 0 Å². The number of likely N-dealkylation sites (tertiary alicyclic amines) is 2. The number of fused-ring (bicyclic) bond motifs is 1.